The Morgan fingerprint density at radius 3 is 2.58 bits per heavy atom. The van der Waals surface area contributed by atoms with E-state index in [9.17, 15) is 4.79 Å². The van der Waals surface area contributed by atoms with E-state index in [4.69, 9.17) is 23.8 Å². The summed E-state index contributed by atoms with van der Waals surface area (Å²) in [5.41, 5.74) is 1.23. The molecule has 0 atom stereocenters. The summed E-state index contributed by atoms with van der Waals surface area (Å²) in [6.45, 7) is 0. The summed E-state index contributed by atoms with van der Waals surface area (Å²) in [5.74, 6) is -0.258. The maximum Gasteiger partial charge on any atom is 0.258 e. The fraction of sp³-hybridized carbons (Fsp3) is 0. The Labute approximate surface area is 163 Å². The van der Waals surface area contributed by atoms with Crippen LogP contribution in [0, 0.1) is 3.57 Å². The van der Waals surface area contributed by atoms with Gasteiger partial charge in [0.15, 0.2) is 5.11 Å². The van der Waals surface area contributed by atoms with Crippen LogP contribution in [0.2, 0.25) is 5.02 Å². The maximum atomic E-state index is 12.5. The number of hydrogen-bond donors (Lipinski definition) is 2. The van der Waals surface area contributed by atoms with Gasteiger partial charge in [0.25, 0.3) is 5.91 Å². The van der Waals surface area contributed by atoms with Crippen LogP contribution in [0.4, 0.5) is 5.69 Å². The van der Waals surface area contributed by atoms with Gasteiger partial charge in [-0.15, -0.1) is 0 Å². The molecule has 0 fully saturated rings. The number of carbonyl (C=O) groups is 1. The molecule has 0 saturated carbocycles. The van der Waals surface area contributed by atoms with Crippen LogP contribution in [0.5, 0.6) is 0 Å². The first-order chi connectivity index (χ1) is 11.5. The average Bonchev–Trinajstić information content (AvgIpc) is 2.57. The third-order valence-corrected chi connectivity index (χ3v) is 4.63. The van der Waals surface area contributed by atoms with Gasteiger partial charge in [0, 0.05) is 9.13 Å². The molecule has 0 spiro atoms. The molecule has 24 heavy (non-hydrogen) atoms. The van der Waals surface area contributed by atoms with Crippen LogP contribution in [0.15, 0.2) is 60.7 Å². The van der Waals surface area contributed by atoms with Crippen LogP contribution in [-0.2, 0) is 0 Å². The van der Waals surface area contributed by atoms with Gasteiger partial charge in [-0.2, -0.15) is 0 Å². The highest BCUT2D eigenvalue weighted by molar-refractivity contribution is 14.1. The van der Waals surface area contributed by atoms with Gasteiger partial charge in [-0.25, -0.2) is 0 Å². The molecule has 6 heteroatoms. The zero-order chi connectivity index (χ0) is 17.1. The van der Waals surface area contributed by atoms with Crippen molar-refractivity contribution in [2.45, 2.75) is 0 Å². The van der Waals surface area contributed by atoms with Gasteiger partial charge in [-0.3, -0.25) is 10.1 Å². The quantitative estimate of drug-likeness (QED) is 0.402. The van der Waals surface area contributed by atoms with Gasteiger partial charge in [-0.1, -0.05) is 48.0 Å². The van der Waals surface area contributed by atoms with E-state index in [0.717, 1.165) is 14.3 Å². The van der Waals surface area contributed by atoms with E-state index >= 15 is 0 Å². The van der Waals surface area contributed by atoms with Gasteiger partial charge >= 0.3 is 0 Å². The van der Waals surface area contributed by atoms with Crippen LogP contribution < -0.4 is 10.6 Å². The number of halogens is 2. The van der Waals surface area contributed by atoms with Crippen LogP contribution in [-0.4, -0.2) is 11.0 Å². The van der Waals surface area contributed by atoms with E-state index < -0.39 is 0 Å². The average molecular weight is 467 g/mol. The number of amides is 1. The Balaban J connectivity index is 1.77. The summed E-state index contributed by atoms with van der Waals surface area (Å²) in [6.07, 6.45) is 0. The van der Waals surface area contributed by atoms with Gasteiger partial charge in [0.2, 0.25) is 0 Å². The van der Waals surface area contributed by atoms with Crippen molar-refractivity contribution in [1.29, 1.82) is 0 Å². The van der Waals surface area contributed by atoms with E-state index in [1.807, 2.05) is 54.6 Å². The summed E-state index contributed by atoms with van der Waals surface area (Å²) in [5, 5.41) is 8.29. The highest BCUT2D eigenvalue weighted by Crippen LogP contribution is 2.24. The third-order valence-electron chi connectivity index (χ3n) is 3.44. The highest BCUT2D eigenvalue weighted by atomic mass is 127. The minimum Gasteiger partial charge on any atom is -0.331 e. The Bertz CT molecular complexity index is 940. The number of carbonyl (C=O) groups excluding carboxylic acids is 1. The molecule has 0 unspecified atom stereocenters. The number of benzene rings is 3. The lowest BCUT2D eigenvalue weighted by molar-refractivity contribution is 0.0979. The summed E-state index contributed by atoms with van der Waals surface area (Å²) in [6, 6.07) is 18.9. The summed E-state index contributed by atoms with van der Waals surface area (Å²) in [4.78, 5) is 12.5. The van der Waals surface area contributed by atoms with E-state index in [1.165, 1.54) is 0 Å². The Morgan fingerprint density at radius 1 is 1.04 bits per heavy atom. The van der Waals surface area contributed by atoms with Crippen molar-refractivity contribution >= 4 is 73.9 Å². The van der Waals surface area contributed by atoms with Crippen LogP contribution in [0.1, 0.15) is 10.4 Å². The molecule has 0 aromatic heterocycles. The molecule has 0 aliphatic rings. The number of hydrogen-bond acceptors (Lipinski definition) is 2. The molecule has 0 heterocycles. The smallest absolute Gasteiger partial charge is 0.258 e. The molecular weight excluding hydrogens is 455 g/mol. The Hall–Kier alpha value is -1.70. The molecule has 0 saturated heterocycles. The van der Waals surface area contributed by atoms with Crippen LogP contribution in [0.25, 0.3) is 10.8 Å². The lowest BCUT2D eigenvalue weighted by Gasteiger charge is -2.12. The molecule has 3 aromatic carbocycles. The Morgan fingerprint density at radius 2 is 1.79 bits per heavy atom. The van der Waals surface area contributed by atoms with Crippen LogP contribution in [0.3, 0.4) is 0 Å². The molecule has 0 aliphatic heterocycles. The van der Waals surface area contributed by atoms with Gasteiger partial charge in [-0.05, 0) is 69.8 Å². The maximum absolute atomic E-state index is 12.5. The van der Waals surface area contributed by atoms with Gasteiger partial charge in [0.1, 0.15) is 0 Å². The topological polar surface area (TPSA) is 41.1 Å². The summed E-state index contributed by atoms with van der Waals surface area (Å²) >= 11 is 13.6. The second-order valence-electron chi connectivity index (χ2n) is 5.06. The SMILES string of the molecule is O=C(NC(=S)Nc1ccc(I)cc1Cl)c1cccc2ccccc12. The molecule has 3 aromatic rings. The lowest BCUT2D eigenvalue weighted by atomic mass is 10.0. The predicted octanol–water partition coefficient (Wildman–Crippen LogP) is 5.22. The van der Waals surface area contributed by atoms with Crippen molar-refractivity contribution < 1.29 is 4.79 Å². The number of rotatable bonds is 2. The first-order valence-electron chi connectivity index (χ1n) is 7.10. The zero-order valence-electron chi connectivity index (χ0n) is 12.3. The molecule has 0 radical (unpaired) electrons. The summed E-state index contributed by atoms with van der Waals surface area (Å²) in [7, 11) is 0. The minimum atomic E-state index is -0.258. The first kappa shape index (κ1) is 17.1. The van der Waals surface area contributed by atoms with Crippen molar-refractivity contribution in [1.82, 2.24) is 5.32 Å². The van der Waals surface area contributed by atoms with Gasteiger partial charge in [0.05, 0.1) is 10.7 Å². The first-order valence-corrected chi connectivity index (χ1v) is 8.96. The summed E-state index contributed by atoms with van der Waals surface area (Å²) < 4.78 is 1.02. The molecule has 1 amide bonds. The van der Waals surface area contributed by atoms with E-state index in [1.54, 1.807) is 6.07 Å². The second-order valence-corrected chi connectivity index (χ2v) is 7.12. The van der Waals surface area contributed by atoms with E-state index in [0.29, 0.717) is 16.3 Å². The van der Waals surface area contributed by atoms with Gasteiger partial charge < -0.3 is 5.32 Å². The standard InChI is InChI=1S/C18H12ClIN2OS/c19-15-10-12(20)8-9-16(15)21-18(24)22-17(23)14-7-3-5-11-4-1-2-6-13(11)14/h1-10H,(H2,21,22,23,24). The highest BCUT2D eigenvalue weighted by Gasteiger charge is 2.12. The fourth-order valence-electron chi connectivity index (χ4n) is 2.34. The van der Waals surface area contributed by atoms with Crippen molar-refractivity contribution in [3.63, 3.8) is 0 Å². The molecule has 120 valence electrons. The van der Waals surface area contributed by atoms with Crippen molar-refractivity contribution in [2.75, 3.05) is 5.32 Å². The predicted molar refractivity (Wildman–Crippen MR) is 112 cm³/mol. The van der Waals surface area contributed by atoms with E-state index in [2.05, 4.69) is 33.2 Å². The molecule has 0 bridgehead atoms. The van der Waals surface area contributed by atoms with Crippen LogP contribution >= 0.6 is 46.4 Å². The number of thiocarbonyl (C=S) groups is 1. The third kappa shape index (κ3) is 3.85. The van der Waals surface area contributed by atoms with Crippen molar-refractivity contribution in [3.05, 3.63) is 74.8 Å². The second kappa shape index (κ2) is 7.46. The number of nitrogens with one attached hydrogen (secondary N) is 2. The molecule has 2 N–H and O–H groups in total. The number of anilines is 1. The Kier molecular flexibility index (Phi) is 5.33. The molecule has 3 rings (SSSR count). The van der Waals surface area contributed by atoms with Crippen molar-refractivity contribution in [3.8, 4) is 0 Å². The van der Waals surface area contributed by atoms with Crippen molar-refractivity contribution in [2.24, 2.45) is 0 Å². The normalized spacial score (nSPS) is 10.4. The molecular formula is C18H12ClIN2OS. The minimum absolute atomic E-state index is 0.205. The lowest BCUT2D eigenvalue weighted by Crippen LogP contribution is -2.34. The largest absolute Gasteiger partial charge is 0.331 e. The molecule has 3 nitrogen and oxygen atoms in total. The molecule has 0 aliphatic carbocycles. The fourth-order valence-corrected chi connectivity index (χ4v) is 3.44. The zero-order valence-corrected chi connectivity index (χ0v) is 16.1. The monoisotopic (exact) mass is 466 g/mol. The number of fused-ring (bicyclic) bond motifs is 1. The van der Waals surface area contributed by atoms with E-state index in [-0.39, 0.29) is 11.0 Å².